The van der Waals surface area contributed by atoms with Crippen molar-refractivity contribution in [3.63, 3.8) is 0 Å². The Morgan fingerprint density at radius 1 is 1.21 bits per heavy atom. The smallest absolute Gasteiger partial charge is 0.328 e. The number of nitrogens with one attached hydrogen (secondary N) is 1. The zero-order valence-electron chi connectivity index (χ0n) is 14.1. The number of rotatable bonds is 8. The molecule has 0 spiro atoms. The molecule has 1 rings (SSSR count). The number of hydrogen-bond donors (Lipinski definition) is 3. The Hall–Kier alpha value is -2.41. The Bertz CT molecular complexity index is 583. The fourth-order valence-corrected chi connectivity index (χ4v) is 2.17. The number of carboxylic acids is 1. The maximum Gasteiger partial charge on any atom is 0.328 e. The second-order valence-corrected chi connectivity index (χ2v) is 6.10. The molecule has 0 aliphatic heterocycles. The van der Waals surface area contributed by atoms with Gasteiger partial charge in [0.05, 0.1) is 0 Å². The third-order valence-corrected chi connectivity index (χ3v) is 3.29. The van der Waals surface area contributed by atoms with Crippen molar-refractivity contribution in [1.29, 1.82) is 0 Å². The summed E-state index contributed by atoms with van der Waals surface area (Å²) >= 11 is 0. The Balaban J connectivity index is 2.66. The average Bonchev–Trinajstić information content (AvgIpc) is 2.47. The lowest BCUT2D eigenvalue weighted by Crippen LogP contribution is -2.41. The van der Waals surface area contributed by atoms with Crippen molar-refractivity contribution < 1.29 is 24.2 Å². The molecule has 1 aromatic rings. The zero-order chi connectivity index (χ0) is 18.3. The molecule has 0 saturated heterocycles. The van der Waals surface area contributed by atoms with Crippen molar-refractivity contribution in [2.24, 2.45) is 11.7 Å². The standard InChI is InChI=1S/C17H24N2O5/c1-10(2)8-14(18)17(23)24-13-6-4-12(5-7-13)9-15(16(21)22)19-11(3)20/h4-7,10,14-15H,8-9,18H2,1-3H3,(H,19,20)(H,21,22)/t14-,15-/m0/s1. The number of ether oxygens (including phenoxy) is 1. The fourth-order valence-electron chi connectivity index (χ4n) is 2.17. The highest BCUT2D eigenvalue weighted by Gasteiger charge is 2.20. The van der Waals surface area contributed by atoms with Crippen LogP contribution in [0.2, 0.25) is 0 Å². The molecule has 2 atom stereocenters. The fraction of sp³-hybridized carbons (Fsp3) is 0.471. The lowest BCUT2D eigenvalue weighted by atomic mass is 10.0. The molecule has 0 aromatic heterocycles. The van der Waals surface area contributed by atoms with Gasteiger partial charge in [0.2, 0.25) is 5.91 Å². The predicted octanol–water partition coefficient (Wildman–Crippen LogP) is 1.10. The third kappa shape index (κ3) is 6.78. The second kappa shape index (κ2) is 9.02. The molecule has 0 unspecified atom stereocenters. The van der Waals surface area contributed by atoms with Crippen molar-refractivity contribution in [3.05, 3.63) is 29.8 Å². The van der Waals surface area contributed by atoms with E-state index in [9.17, 15) is 14.4 Å². The van der Waals surface area contributed by atoms with Gasteiger partial charge in [-0.15, -0.1) is 0 Å². The monoisotopic (exact) mass is 336 g/mol. The molecule has 1 aromatic carbocycles. The van der Waals surface area contributed by atoms with Gasteiger partial charge in [-0.05, 0) is 30.0 Å². The van der Waals surface area contributed by atoms with E-state index in [4.69, 9.17) is 15.6 Å². The van der Waals surface area contributed by atoms with Gasteiger partial charge in [0.1, 0.15) is 17.8 Å². The molecule has 132 valence electrons. The van der Waals surface area contributed by atoms with Crippen molar-refractivity contribution in [3.8, 4) is 5.75 Å². The highest BCUT2D eigenvalue weighted by molar-refractivity contribution is 5.82. The number of esters is 1. The molecule has 0 aliphatic rings. The van der Waals surface area contributed by atoms with Crippen molar-refractivity contribution >= 4 is 17.8 Å². The molecule has 24 heavy (non-hydrogen) atoms. The van der Waals surface area contributed by atoms with Crippen LogP contribution in [0.15, 0.2) is 24.3 Å². The molecule has 4 N–H and O–H groups in total. The Morgan fingerprint density at radius 2 is 1.79 bits per heavy atom. The summed E-state index contributed by atoms with van der Waals surface area (Å²) in [5.41, 5.74) is 6.46. The third-order valence-electron chi connectivity index (χ3n) is 3.29. The summed E-state index contributed by atoms with van der Waals surface area (Å²) in [6, 6.07) is 4.75. The largest absolute Gasteiger partial charge is 0.480 e. The molecule has 7 heteroatoms. The first-order valence-electron chi connectivity index (χ1n) is 7.75. The molecule has 0 bridgehead atoms. The molecular formula is C17H24N2O5. The first kappa shape index (κ1) is 19.6. The second-order valence-electron chi connectivity index (χ2n) is 6.10. The van der Waals surface area contributed by atoms with Crippen LogP contribution in [0.3, 0.4) is 0 Å². The first-order chi connectivity index (χ1) is 11.2. The predicted molar refractivity (Wildman–Crippen MR) is 88.5 cm³/mol. The van der Waals surface area contributed by atoms with E-state index in [1.807, 2.05) is 13.8 Å². The summed E-state index contributed by atoms with van der Waals surface area (Å²) < 4.78 is 5.20. The van der Waals surface area contributed by atoms with Crippen LogP contribution in [-0.4, -0.2) is 35.0 Å². The van der Waals surface area contributed by atoms with Gasteiger partial charge in [-0.3, -0.25) is 4.79 Å². The number of carbonyl (C=O) groups is 3. The Labute approximate surface area is 141 Å². The minimum absolute atomic E-state index is 0.135. The van der Waals surface area contributed by atoms with Gasteiger partial charge >= 0.3 is 11.9 Å². The summed E-state index contributed by atoms with van der Waals surface area (Å²) in [5.74, 6) is -1.39. The maximum atomic E-state index is 11.8. The number of aliphatic carboxylic acids is 1. The summed E-state index contributed by atoms with van der Waals surface area (Å²) in [6.07, 6.45) is 0.671. The van der Waals surface area contributed by atoms with E-state index in [0.29, 0.717) is 17.7 Å². The van der Waals surface area contributed by atoms with E-state index in [1.165, 1.54) is 6.92 Å². The van der Waals surface area contributed by atoms with Crippen LogP contribution >= 0.6 is 0 Å². The van der Waals surface area contributed by atoms with Crippen LogP contribution in [0.4, 0.5) is 0 Å². The Morgan fingerprint density at radius 3 is 2.25 bits per heavy atom. The van der Waals surface area contributed by atoms with Crippen LogP contribution in [-0.2, 0) is 20.8 Å². The normalized spacial score (nSPS) is 13.2. The van der Waals surface area contributed by atoms with Crippen LogP contribution in [0, 0.1) is 5.92 Å². The SMILES string of the molecule is CC(=O)N[C@@H](Cc1ccc(OC(=O)[C@@H](N)CC(C)C)cc1)C(=O)O. The highest BCUT2D eigenvalue weighted by Crippen LogP contribution is 2.15. The highest BCUT2D eigenvalue weighted by atomic mass is 16.5. The lowest BCUT2D eigenvalue weighted by molar-refractivity contribution is -0.141. The first-order valence-corrected chi connectivity index (χ1v) is 7.75. The minimum atomic E-state index is -1.11. The topological polar surface area (TPSA) is 119 Å². The molecule has 0 aliphatic carbocycles. The molecule has 0 radical (unpaired) electrons. The summed E-state index contributed by atoms with van der Waals surface area (Å²) in [6.45, 7) is 5.20. The lowest BCUT2D eigenvalue weighted by Gasteiger charge is -2.15. The van der Waals surface area contributed by atoms with Crippen molar-refractivity contribution in [2.45, 2.75) is 45.7 Å². The summed E-state index contributed by atoms with van der Waals surface area (Å²) in [7, 11) is 0. The van der Waals surface area contributed by atoms with Crippen LogP contribution in [0.25, 0.3) is 0 Å². The maximum absolute atomic E-state index is 11.8. The van der Waals surface area contributed by atoms with Gasteiger partial charge in [-0.1, -0.05) is 26.0 Å². The van der Waals surface area contributed by atoms with Gasteiger partial charge in [0, 0.05) is 13.3 Å². The molecule has 0 saturated carbocycles. The molecule has 0 fully saturated rings. The van der Waals surface area contributed by atoms with Gasteiger partial charge in [0.15, 0.2) is 0 Å². The van der Waals surface area contributed by atoms with E-state index >= 15 is 0 Å². The quantitative estimate of drug-likeness (QED) is 0.483. The molecular weight excluding hydrogens is 312 g/mol. The van der Waals surface area contributed by atoms with Crippen LogP contribution in [0.1, 0.15) is 32.8 Å². The molecule has 7 nitrogen and oxygen atoms in total. The minimum Gasteiger partial charge on any atom is -0.480 e. The molecule has 1 amide bonds. The molecule has 0 heterocycles. The van der Waals surface area contributed by atoms with Gasteiger partial charge in [-0.25, -0.2) is 9.59 Å². The van der Waals surface area contributed by atoms with Gasteiger partial charge in [0.25, 0.3) is 0 Å². The van der Waals surface area contributed by atoms with Crippen LogP contribution < -0.4 is 15.8 Å². The number of hydrogen-bond acceptors (Lipinski definition) is 5. The van der Waals surface area contributed by atoms with E-state index in [0.717, 1.165) is 0 Å². The number of carbonyl (C=O) groups excluding carboxylic acids is 2. The van der Waals surface area contributed by atoms with Crippen molar-refractivity contribution in [2.75, 3.05) is 0 Å². The van der Waals surface area contributed by atoms with E-state index in [2.05, 4.69) is 5.32 Å². The van der Waals surface area contributed by atoms with Crippen molar-refractivity contribution in [1.82, 2.24) is 5.32 Å². The number of nitrogens with two attached hydrogens (primary N) is 1. The number of amides is 1. The summed E-state index contributed by atoms with van der Waals surface area (Å²) in [4.78, 5) is 34.0. The average molecular weight is 336 g/mol. The number of carboxylic acid groups (broad SMARTS) is 1. The van der Waals surface area contributed by atoms with E-state index < -0.39 is 29.9 Å². The number of benzene rings is 1. The van der Waals surface area contributed by atoms with E-state index in [-0.39, 0.29) is 12.3 Å². The summed E-state index contributed by atoms with van der Waals surface area (Å²) in [5, 5.41) is 11.5. The Kier molecular flexibility index (Phi) is 7.38. The van der Waals surface area contributed by atoms with Crippen LogP contribution in [0.5, 0.6) is 5.75 Å². The van der Waals surface area contributed by atoms with Gasteiger partial charge in [-0.2, -0.15) is 0 Å². The van der Waals surface area contributed by atoms with E-state index in [1.54, 1.807) is 24.3 Å². The zero-order valence-corrected chi connectivity index (χ0v) is 14.1. The van der Waals surface area contributed by atoms with Gasteiger partial charge < -0.3 is 20.9 Å².